The summed E-state index contributed by atoms with van der Waals surface area (Å²) >= 11 is 12.3. The molecule has 0 spiro atoms. The number of hydrogen-bond acceptors (Lipinski definition) is 2. The number of benzene rings is 1. The summed E-state index contributed by atoms with van der Waals surface area (Å²) in [4.78, 5) is 0. The zero-order chi connectivity index (χ0) is 14.8. The first-order valence-electron chi connectivity index (χ1n) is 7.92. The lowest BCUT2D eigenvalue weighted by molar-refractivity contribution is -0.124. The van der Waals surface area contributed by atoms with Crippen molar-refractivity contribution in [2.24, 2.45) is 5.92 Å². The molecule has 1 saturated heterocycles. The molecule has 0 unspecified atom stereocenters. The van der Waals surface area contributed by atoms with Gasteiger partial charge < -0.3 is 9.84 Å². The van der Waals surface area contributed by atoms with Crippen LogP contribution in [0.2, 0.25) is 10.0 Å². The summed E-state index contributed by atoms with van der Waals surface area (Å²) in [7, 11) is 0. The standard InChI is InChI=1S/C17H22Cl2O2/c18-12-6-7-14(15(19)8-12)17-10-13(20)9-16(21-17)11-4-2-1-3-5-11/h6-8,11,13,16-17,20H,1-5,9-10H2/t13-,16-,17+/m0/s1. The van der Waals surface area contributed by atoms with Crippen LogP contribution in [-0.4, -0.2) is 17.3 Å². The molecule has 0 amide bonds. The molecule has 2 fully saturated rings. The fourth-order valence-electron chi connectivity index (χ4n) is 3.71. The molecule has 21 heavy (non-hydrogen) atoms. The Kier molecular flexibility index (Phi) is 5.11. The molecular weight excluding hydrogens is 307 g/mol. The zero-order valence-electron chi connectivity index (χ0n) is 12.1. The van der Waals surface area contributed by atoms with Gasteiger partial charge in [-0.25, -0.2) is 0 Å². The first-order valence-corrected chi connectivity index (χ1v) is 8.67. The normalized spacial score (nSPS) is 31.3. The fraction of sp³-hybridized carbons (Fsp3) is 0.647. The Morgan fingerprint density at radius 2 is 1.81 bits per heavy atom. The van der Waals surface area contributed by atoms with Crippen LogP contribution in [0.25, 0.3) is 0 Å². The van der Waals surface area contributed by atoms with E-state index in [1.807, 2.05) is 12.1 Å². The van der Waals surface area contributed by atoms with E-state index in [-0.39, 0.29) is 18.3 Å². The zero-order valence-corrected chi connectivity index (χ0v) is 13.6. The Labute approximate surface area is 136 Å². The molecule has 1 aliphatic heterocycles. The van der Waals surface area contributed by atoms with Gasteiger partial charge in [0.1, 0.15) is 0 Å². The van der Waals surface area contributed by atoms with Gasteiger partial charge in [-0.05, 0) is 42.9 Å². The molecule has 1 saturated carbocycles. The highest BCUT2D eigenvalue weighted by Gasteiger charge is 2.35. The van der Waals surface area contributed by atoms with Crippen LogP contribution in [0.15, 0.2) is 18.2 Å². The molecule has 1 aromatic rings. The fourth-order valence-corrected chi connectivity index (χ4v) is 4.24. The van der Waals surface area contributed by atoms with E-state index in [1.54, 1.807) is 6.07 Å². The Balaban J connectivity index is 1.75. The SMILES string of the molecule is O[C@H]1C[C@@H](C2CCCCC2)O[C@@H](c2ccc(Cl)cc2Cl)C1. The molecule has 1 aliphatic carbocycles. The predicted octanol–water partition coefficient (Wildman–Crippen LogP) is 5.15. The van der Waals surface area contributed by atoms with Gasteiger partial charge in [0.2, 0.25) is 0 Å². The van der Waals surface area contributed by atoms with E-state index >= 15 is 0 Å². The molecule has 3 atom stereocenters. The maximum Gasteiger partial charge on any atom is 0.0867 e. The summed E-state index contributed by atoms with van der Waals surface area (Å²) in [6.07, 6.45) is 7.45. The number of rotatable bonds is 2. The summed E-state index contributed by atoms with van der Waals surface area (Å²) in [5.74, 6) is 0.585. The Hall–Kier alpha value is -0.280. The lowest BCUT2D eigenvalue weighted by Crippen LogP contribution is -2.37. The van der Waals surface area contributed by atoms with Crippen LogP contribution in [0.5, 0.6) is 0 Å². The van der Waals surface area contributed by atoms with Gasteiger partial charge in [-0.1, -0.05) is 48.5 Å². The molecule has 1 N–H and O–H groups in total. The minimum atomic E-state index is -0.303. The highest BCUT2D eigenvalue weighted by Crippen LogP contribution is 2.40. The quantitative estimate of drug-likeness (QED) is 0.812. The molecule has 0 radical (unpaired) electrons. The molecule has 1 heterocycles. The second-order valence-electron chi connectivity index (χ2n) is 6.35. The first-order chi connectivity index (χ1) is 10.1. The molecule has 4 heteroatoms. The van der Waals surface area contributed by atoms with E-state index < -0.39 is 0 Å². The van der Waals surface area contributed by atoms with Gasteiger partial charge in [0.15, 0.2) is 0 Å². The Bertz CT molecular complexity index is 486. The smallest absolute Gasteiger partial charge is 0.0867 e. The topological polar surface area (TPSA) is 29.5 Å². The van der Waals surface area contributed by atoms with Crippen LogP contribution in [0, 0.1) is 5.92 Å². The number of halogens is 2. The lowest BCUT2D eigenvalue weighted by Gasteiger charge is -2.39. The lowest BCUT2D eigenvalue weighted by atomic mass is 9.81. The van der Waals surface area contributed by atoms with E-state index in [4.69, 9.17) is 27.9 Å². The van der Waals surface area contributed by atoms with Crippen molar-refractivity contribution < 1.29 is 9.84 Å². The van der Waals surface area contributed by atoms with Gasteiger partial charge in [-0.3, -0.25) is 0 Å². The largest absolute Gasteiger partial charge is 0.393 e. The first kappa shape index (κ1) is 15.6. The van der Waals surface area contributed by atoms with E-state index in [1.165, 1.54) is 32.1 Å². The van der Waals surface area contributed by atoms with E-state index in [9.17, 15) is 5.11 Å². The van der Waals surface area contributed by atoms with Crippen molar-refractivity contribution in [1.29, 1.82) is 0 Å². The van der Waals surface area contributed by atoms with E-state index in [0.29, 0.717) is 22.4 Å². The van der Waals surface area contributed by atoms with Crippen LogP contribution in [0.1, 0.15) is 56.6 Å². The summed E-state index contributed by atoms with van der Waals surface area (Å²) < 4.78 is 6.32. The van der Waals surface area contributed by atoms with Gasteiger partial charge in [-0.15, -0.1) is 0 Å². The Morgan fingerprint density at radius 3 is 2.52 bits per heavy atom. The summed E-state index contributed by atoms with van der Waals surface area (Å²) in [5.41, 5.74) is 0.945. The number of aliphatic hydroxyl groups excluding tert-OH is 1. The van der Waals surface area contributed by atoms with Gasteiger partial charge in [0.25, 0.3) is 0 Å². The van der Waals surface area contributed by atoms with Crippen molar-refractivity contribution in [3.05, 3.63) is 33.8 Å². The molecule has 2 aliphatic rings. The predicted molar refractivity (Wildman–Crippen MR) is 85.9 cm³/mol. The second-order valence-corrected chi connectivity index (χ2v) is 7.20. The molecular formula is C17H22Cl2O2. The third-order valence-corrected chi connectivity index (χ3v) is 5.38. The van der Waals surface area contributed by atoms with Crippen molar-refractivity contribution in [1.82, 2.24) is 0 Å². The molecule has 1 aromatic carbocycles. The number of hydrogen-bond donors (Lipinski definition) is 1. The van der Waals surface area contributed by atoms with Crippen molar-refractivity contribution in [2.45, 2.75) is 63.3 Å². The minimum Gasteiger partial charge on any atom is -0.393 e. The second kappa shape index (κ2) is 6.87. The third kappa shape index (κ3) is 3.73. The van der Waals surface area contributed by atoms with E-state index in [2.05, 4.69) is 0 Å². The van der Waals surface area contributed by atoms with Gasteiger partial charge in [0.05, 0.1) is 18.3 Å². The van der Waals surface area contributed by atoms with Crippen LogP contribution in [-0.2, 0) is 4.74 Å². The van der Waals surface area contributed by atoms with Gasteiger partial charge >= 0.3 is 0 Å². The third-order valence-electron chi connectivity index (χ3n) is 4.81. The molecule has 0 bridgehead atoms. The highest BCUT2D eigenvalue weighted by molar-refractivity contribution is 6.35. The van der Waals surface area contributed by atoms with Crippen LogP contribution in [0.3, 0.4) is 0 Å². The van der Waals surface area contributed by atoms with Crippen molar-refractivity contribution >= 4 is 23.2 Å². The summed E-state index contributed by atoms with van der Waals surface area (Å²) in [5, 5.41) is 11.5. The van der Waals surface area contributed by atoms with Crippen molar-refractivity contribution in [3.63, 3.8) is 0 Å². The summed E-state index contributed by atoms with van der Waals surface area (Å²) in [6, 6.07) is 5.51. The highest BCUT2D eigenvalue weighted by atomic mass is 35.5. The molecule has 2 nitrogen and oxygen atoms in total. The Morgan fingerprint density at radius 1 is 1.05 bits per heavy atom. The van der Waals surface area contributed by atoms with Crippen LogP contribution in [0.4, 0.5) is 0 Å². The van der Waals surface area contributed by atoms with E-state index in [0.717, 1.165) is 12.0 Å². The average molecular weight is 329 g/mol. The molecule has 0 aromatic heterocycles. The average Bonchev–Trinajstić information content (AvgIpc) is 2.47. The number of ether oxygens (including phenoxy) is 1. The maximum atomic E-state index is 10.2. The monoisotopic (exact) mass is 328 g/mol. The molecule has 3 rings (SSSR count). The van der Waals surface area contributed by atoms with Crippen LogP contribution >= 0.6 is 23.2 Å². The maximum absolute atomic E-state index is 10.2. The summed E-state index contributed by atoms with van der Waals surface area (Å²) in [6.45, 7) is 0. The molecule has 116 valence electrons. The van der Waals surface area contributed by atoms with Crippen LogP contribution < -0.4 is 0 Å². The van der Waals surface area contributed by atoms with Gasteiger partial charge in [0, 0.05) is 16.5 Å². The van der Waals surface area contributed by atoms with Crippen molar-refractivity contribution in [2.75, 3.05) is 0 Å². The van der Waals surface area contributed by atoms with Crippen molar-refractivity contribution in [3.8, 4) is 0 Å². The van der Waals surface area contributed by atoms with Gasteiger partial charge in [-0.2, -0.15) is 0 Å². The minimum absolute atomic E-state index is 0.120. The number of aliphatic hydroxyl groups is 1.